The third kappa shape index (κ3) is 2.54. The molecular formula is C14H11F4N. The zero-order valence-corrected chi connectivity index (χ0v) is 10.1. The second-order valence-corrected chi connectivity index (χ2v) is 4.23. The summed E-state index contributed by atoms with van der Waals surface area (Å²) in [5.74, 6) is -0.634. The Labute approximate surface area is 107 Å². The van der Waals surface area contributed by atoms with E-state index in [1.165, 1.54) is 24.3 Å². The fraction of sp³-hybridized carbons (Fsp3) is 0.143. The van der Waals surface area contributed by atoms with Crippen LogP contribution in [-0.2, 0) is 6.18 Å². The highest BCUT2D eigenvalue weighted by atomic mass is 19.4. The van der Waals surface area contributed by atoms with Crippen LogP contribution in [0.25, 0.3) is 11.1 Å². The second kappa shape index (κ2) is 4.57. The van der Waals surface area contributed by atoms with Gasteiger partial charge in [-0.2, -0.15) is 13.2 Å². The van der Waals surface area contributed by atoms with Crippen LogP contribution in [0, 0.1) is 12.7 Å². The van der Waals surface area contributed by atoms with Gasteiger partial charge in [0.25, 0.3) is 0 Å². The molecule has 2 aromatic rings. The van der Waals surface area contributed by atoms with Crippen molar-refractivity contribution in [1.29, 1.82) is 0 Å². The van der Waals surface area contributed by atoms with E-state index in [-0.39, 0.29) is 16.8 Å². The first-order valence-electron chi connectivity index (χ1n) is 5.53. The fourth-order valence-electron chi connectivity index (χ4n) is 1.94. The molecule has 5 heteroatoms. The van der Waals surface area contributed by atoms with Gasteiger partial charge in [0, 0.05) is 0 Å². The van der Waals surface area contributed by atoms with Gasteiger partial charge in [-0.3, -0.25) is 0 Å². The predicted octanol–water partition coefficient (Wildman–Crippen LogP) is 4.40. The van der Waals surface area contributed by atoms with Crippen LogP contribution < -0.4 is 5.73 Å². The number of alkyl halides is 3. The van der Waals surface area contributed by atoms with E-state index >= 15 is 0 Å². The van der Waals surface area contributed by atoms with E-state index in [9.17, 15) is 17.6 Å². The molecule has 0 saturated heterocycles. The average Bonchev–Trinajstić information content (AvgIpc) is 2.33. The minimum atomic E-state index is -4.47. The topological polar surface area (TPSA) is 26.0 Å². The Hall–Kier alpha value is -2.04. The van der Waals surface area contributed by atoms with Gasteiger partial charge in [0.1, 0.15) is 5.82 Å². The van der Waals surface area contributed by atoms with E-state index in [4.69, 9.17) is 5.73 Å². The molecule has 0 unspecified atom stereocenters. The van der Waals surface area contributed by atoms with E-state index in [0.717, 1.165) is 12.1 Å². The molecule has 2 N–H and O–H groups in total. The highest BCUT2D eigenvalue weighted by molar-refractivity contribution is 5.74. The third-order valence-corrected chi connectivity index (χ3v) is 2.87. The number of aryl methyl sites for hydroxylation is 1. The van der Waals surface area contributed by atoms with Crippen LogP contribution in [0.15, 0.2) is 36.4 Å². The van der Waals surface area contributed by atoms with Crippen molar-refractivity contribution < 1.29 is 17.6 Å². The average molecular weight is 269 g/mol. The Morgan fingerprint density at radius 2 is 1.63 bits per heavy atom. The first-order chi connectivity index (χ1) is 8.80. The van der Waals surface area contributed by atoms with Crippen molar-refractivity contribution in [2.45, 2.75) is 13.1 Å². The lowest BCUT2D eigenvalue weighted by Crippen LogP contribution is -2.07. The molecule has 2 aromatic carbocycles. The van der Waals surface area contributed by atoms with Gasteiger partial charge < -0.3 is 5.73 Å². The molecule has 0 aliphatic carbocycles. The molecule has 0 spiro atoms. The van der Waals surface area contributed by atoms with Crippen molar-refractivity contribution >= 4 is 5.69 Å². The molecule has 0 saturated carbocycles. The van der Waals surface area contributed by atoms with Crippen molar-refractivity contribution in [1.82, 2.24) is 0 Å². The molecule has 1 nitrogen and oxygen atoms in total. The van der Waals surface area contributed by atoms with Gasteiger partial charge in [-0.15, -0.1) is 0 Å². The molecule has 2 rings (SSSR count). The SMILES string of the molecule is Cc1cc(F)c(N)cc1-c1ccccc1C(F)(F)F. The number of nitrogen functional groups attached to an aromatic ring is 1. The normalized spacial score (nSPS) is 11.6. The molecule has 100 valence electrons. The third-order valence-electron chi connectivity index (χ3n) is 2.87. The lowest BCUT2D eigenvalue weighted by molar-refractivity contribution is -0.137. The molecule has 0 amide bonds. The Bertz CT molecular complexity index is 617. The van der Waals surface area contributed by atoms with Crippen LogP contribution >= 0.6 is 0 Å². The smallest absolute Gasteiger partial charge is 0.396 e. The number of halogens is 4. The zero-order chi connectivity index (χ0) is 14.2. The second-order valence-electron chi connectivity index (χ2n) is 4.23. The number of rotatable bonds is 1. The van der Waals surface area contributed by atoms with E-state index in [1.807, 2.05) is 0 Å². The maximum absolute atomic E-state index is 13.3. The quantitative estimate of drug-likeness (QED) is 0.602. The number of anilines is 1. The first-order valence-corrected chi connectivity index (χ1v) is 5.53. The minimum absolute atomic E-state index is 0.000741. The van der Waals surface area contributed by atoms with Crippen molar-refractivity contribution in [3.63, 3.8) is 0 Å². The van der Waals surface area contributed by atoms with E-state index in [2.05, 4.69) is 0 Å². The lowest BCUT2D eigenvalue weighted by atomic mass is 9.95. The summed E-state index contributed by atoms with van der Waals surface area (Å²) in [6.45, 7) is 1.55. The molecule has 0 radical (unpaired) electrons. The van der Waals surface area contributed by atoms with Crippen LogP contribution in [0.1, 0.15) is 11.1 Å². The Morgan fingerprint density at radius 1 is 1.00 bits per heavy atom. The largest absolute Gasteiger partial charge is 0.417 e. The summed E-state index contributed by atoms with van der Waals surface area (Å²) < 4.78 is 52.1. The number of hydrogen-bond acceptors (Lipinski definition) is 1. The molecule has 0 aromatic heterocycles. The predicted molar refractivity (Wildman–Crippen MR) is 66.0 cm³/mol. The Kier molecular flexibility index (Phi) is 3.22. The van der Waals surface area contributed by atoms with E-state index in [1.54, 1.807) is 6.92 Å². The molecule has 0 aliphatic heterocycles. The maximum Gasteiger partial charge on any atom is 0.417 e. The molecule has 19 heavy (non-hydrogen) atoms. The summed E-state index contributed by atoms with van der Waals surface area (Å²) in [6.07, 6.45) is -4.47. The minimum Gasteiger partial charge on any atom is -0.396 e. The Balaban J connectivity index is 2.70. The maximum atomic E-state index is 13.3. The van der Waals surface area contributed by atoms with Crippen molar-refractivity contribution in [3.8, 4) is 11.1 Å². The first kappa shape index (κ1) is 13.4. The summed E-state index contributed by atoms with van der Waals surface area (Å²) in [5, 5.41) is 0. The molecule has 0 heterocycles. The van der Waals surface area contributed by atoms with Crippen LogP contribution in [0.5, 0.6) is 0 Å². The standard InChI is InChI=1S/C14H11F4N/c1-8-6-12(15)13(19)7-10(8)9-4-2-3-5-11(9)14(16,17)18/h2-7H,19H2,1H3. The van der Waals surface area contributed by atoms with Gasteiger partial charge in [-0.1, -0.05) is 18.2 Å². The molecule has 0 bridgehead atoms. The molecule has 0 fully saturated rings. The highest BCUT2D eigenvalue weighted by Crippen LogP contribution is 2.38. The Morgan fingerprint density at radius 3 is 2.26 bits per heavy atom. The molecule has 0 atom stereocenters. The molecular weight excluding hydrogens is 258 g/mol. The van der Waals surface area contributed by atoms with Gasteiger partial charge in [-0.05, 0) is 41.8 Å². The van der Waals surface area contributed by atoms with Crippen molar-refractivity contribution in [3.05, 3.63) is 53.3 Å². The van der Waals surface area contributed by atoms with Gasteiger partial charge in [0.05, 0.1) is 11.3 Å². The van der Waals surface area contributed by atoms with E-state index in [0.29, 0.717) is 5.56 Å². The van der Waals surface area contributed by atoms with E-state index < -0.39 is 17.6 Å². The lowest BCUT2D eigenvalue weighted by Gasteiger charge is -2.15. The summed E-state index contributed by atoms with van der Waals surface area (Å²) in [7, 11) is 0. The summed E-state index contributed by atoms with van der Waals surface area (Å²) in [5.41, 5.74) is 5.19. The van der Waals surface area contributed by atoms with Gasteiger partial charge >= 0.3 is 6.18 Å². The fourth-order valence-corrected chi connectivity index (χ4v) is 1.94. The zero-order valence-electron chi connectivity index (χ0n) is 10.1. The van der Waals surface area contributed by atoms with Crippen LogP contribution in [-0.4, -0.2) is 0 Å². The monoisotopic (exact) mass is 269 g/mol. The number of benzene rings is 2. The molecule has 0 aliphatic rings. The number of hydrogen-bond donors (Lipinski definition) is 1. The van der Waals surface area contributed by atoms with Crippen LogP contribution in [0.4, 0.5) is 23.2 Å². The van der Waals surface area contributed by atoms with Crippen molar-refractivity contribution in [2.75, 3.05) is 5.73 Å². The van der Waals surface area contributed by atoms with Crippen LogP contribution in [0.3, 0.4) is 0 Å². The van der Waals surface area contributed by atoms with Gasteiger partial charge in [0.15, 0.2) is 0 Å². The van der Waals surface area contributed by atoms with Crippen LogP contribution in [0.2, 0.25) is 0 Å². The summed E-state index contributed by atoms with van der Waals surface area (Å²) in [6, 6.07) is 7.53. The van der Waals surface area contributed by atoms with Crippen molar-refractivity contribution in [2.24, 2.45) is 0 Å². The number of nitrogens with two attached hydrogens (primary N) is 1. The summed E-state index contributed by atoms with van der Waals surface area (Å²) in [4.78, 5) is 0. The van der Waals surface area contributed by atoms with Gasteiger partial charge in [0.2, 0.25) is 0 Å². The highest BCUT2D eigenvalue weighted by Gasteiger charge is 2.33. The van der Waals surface area contributed by atoms with Gasteiger partial charge in [-0.25, -0.2) is 4.39 Å². The summed E-state index contributed by atoms with van der Waals surface area (Å²) >= 11 is 0.